The summed E-state index contributed by atoms with van der Waals surface area (Å²) in [6, 6.07) is 11.8. The van der Waals surface area contributed by atoms with E-state index in [9.17, 15) is 9.59 Å². The zero-order valence-corrected chi connectivity index (χ0v) is 18.7. The van der Waals surface area contributed by atoms with Crippen molar-refractivity contribution in [2.24, 2.45) is 16.8 Å². The van der Waals surface area contributed by atoms with E-state index in [2.05, 4.69) is 24.3 Å². The number of benzene rings is 2. The Morgan fingerprint density at radius 1 is 1.22 bits per heavy atom. The van der Waals surface area contributed by atoms with E-state index in [1.165, 1.54) is 0 Å². The molecule has 1 aliphatic rings. The second-order valence-corrected chi connectivity index (χ2v) is 8.11. The van der Waals surface area contributed by atoms with E-state index in [4.69, 9.17) is 15.2 Å². The fraction of sp³-hybridized carbons (Fsp3) is 0.375. The SMILES string of the molecule is COc1ccc(/C=N/N2CCCC2C(=O)Nc2ccc(C(N)=O)cc2)cc1OCC(C)C. The van der Waals surface area contributed by atoms with Crippen molar-refractivity contribution in [2.75, 3.05) is 25.6 Å². The Morgan fingerprint density at radius 2 is 1.97 bits per heavy atom. The Bertz CT molecular complexity index is 972. The molecule has 2 aromatic rings. The molecule has 32 heavy (non-hydrogen) atoms. The monoisotopic (exact) mass is 438 g/mol. The maximum Gasteiger partial charge on any atom is 0.248 e. The number of primary amides is 1. The van der Waals surface area contributed by atoms with Crippen molar-refractivity contribution >= 4 is 23.7 Å². The van der Waals surface area contributed by atoms with Gasteiger partial charge < -0.3 is 20.5 Å². The Morgan fingerprint density at radius 3 is 2.62 bits per heavy atom. The third-order valence-electron chi connectivity index (χ3n) is 5.08. The van der Waals surface area contributed by atoms with Crippen molar-refractivity contribution in [1.29, 1.82) is 0 Å². The van der Waals surface area contributed by atoms with Crippen LogP contribution in [0.4, 0.5) is 5.69 Å². The molecule has 1 fully saturated rings. The maximum absolute atomic E-state index is 12.8. The molecule has 1 heterocycles. The number of rotatable bonds is 9. The summed E-state index contributed by atoms with van der Waals surface area (Å²) in [6.07, 6.45) is 3.32. The predicted octanol–water partition coefficient (Wildman–Crippen LogP) is 3.27. The molecule has 170 valence electrons. The van der Waals surface area contributed by atoms with E-state index in [0.717, 1.165) is 12.0 Å². The van der Waals surface area contributed by atoms with E-state index in [-0.39, 0.29) is 11.9 Å². The first-order chi connectivity index (χ1) is 15.4. The van der Waals surface area contributed by atoms with Crippen LogP contribution in [0, 0.1) is 5.92 Å². The maximum atomic E-state index is 12.8. The lowest BCUT2D eigenvalue weighted by atomic mass is 10.1. The van der Waals surface area contributed by atoms with Gasteiger partial charge in [-0.1, -0.05) is 13.8 Å². The summed E-state index contributed by atoms with van der Waals surface area (Å²) in [5, 5.41) is 9.24. The van der Waals surface area contributed by atoms with E-state index < -0.39 is 5.91 Å². The van der Waals surface area contributed by atoms with Gasteiger partial charge in [0.25, 0.3) is 0 Å². The number of nitrogens with one attached hydrogen (secondary N) is 1. The molecule has 3 rings (SSSR count). The van der Waals surface area contributed by atoms with Gasteiger partial charge in [0.05, 0.1) is 19.9 Å². The van der Waals surface area contributed by atoms with Gasteiger partial charge in [0.2, 0.25) is 11.8 Å². The molecular formula is C24H30N4O4. The fourth-order valence-corrected chi connectivity index (χ4v) is 3.38. The molecule has 1 unspecified atom stereocenters. The minimum atomic E-state index is -0.504. The number of nitrogens with zero attached hydrogens (tertiary/aromatic N) is 2. The average molecular weight is 439 g/mol. The summed E-state index contributed by atoms with van der Waals surface area (Å²) in [5.74, 6) is 1.09. The highest BCUT2D eigenvalue weighted by Gasteiger charge is 2.29. The quantitative estimate of drug-likeness (QED) is 0.585. The van der Waals surface area contributed by atoms with Crippen LogP contribution in [0.15, 0.2) is 47.6 Å². The molecule has 1 atom stereocenters. The molecule has 1 aliphatic heterocycles. The molecule has 0 spiro atoms. The van der Waals surface area contributed by atoms with Crippen molar-refractivity contribution in [3.8, 4) is 11.5 Å². The lowest BCUT2D eigenvalue weighted by Crippen LogP contribution is -2.36. The summed E-state index contributed by atoms with van der Waals surface area (Å²) in [4.78, 5) is 24.0. The molecule has 0 radical (unpaired) electrons. The first-order valence-electron chi connectivity index (χ1n) is 10.7. The third kappa shape index (κ3) is 6.00. The summed E-state index contributed by atoms with van der Waals surface area (Å²) in [6.45, 7) is 5.46. The number of amides is 2. The zero-order valence-electron chi connectivity index (χ0n) is 18.7. The smallest absolute Gasteiger partial charge is 0.248 e. The Kier molecular flexibility index (Phi) is 7.70. The molecule has 8 nitrogen and oxygen atoms in total. The number of hydrogen-bond donors (Lipinski definition) is 2. The Hall–Kier alpha value is -3.55. The van der Waals surface area contributed by atoms with Crippen molar-refractivity contribution < 1.29 is 19.1 Å². The predicted molar refractivity (Wildman–Crippen MR) is 124 cm³/mol. The number of carbonyl (C=O) groups is 2. The summed E-state index contributed by atoms with van der Waals surface area (Å²) in [7, 11) is 1.61. The highest BCUT2D eigenvalue weighted by atomic mass is 16.5. The van der Waals surface area contributed by atoms with Gasteiger partial charge >= 0.3 is 0 Å². The highest BCUT2D eigenvalue weighted by molar-refractivity contribution is 5.96. The van der Waals surface area contributed by atoms with E-state index in [1.807, 2.05) is 18.2 Å². The Labute approximate surface area is 188 Å². The highest BCUT2D eigenvalue weighted by Crippen LogP contribution is 2.28. The number of methoxy groups -OCH3 is 1. The average Bonchev–Trinajstić information content (AvgIpc) is 3.25. The molecule has 8 heteroatoms. The summed E-state index contributed by atoms with van der Waals surface area (Å²) < 4.78 is 11.2. The van der Waals surface area contributed by atoms with Gasteiger partial charge in [-0.05, 0) is 66.8 Å². The van der Waals surface area contributed by atoms with Crippen LogP contribution in [0.3, 0.4) is 0 Å². The number of anilines is 1. The van der Waals surface area contributed by atoms with Gasteiger partial charge in [-0.3, -0.25) is 14.6 Å². The molecular weight excluding hydrogens is 408 g/mol. The number of carbonyl (C=O) groups excluding carboxylic acids is 2. The van der Waals surface area contributed by atoms with Crippen LogP contribution in [-0.2, 0) is 4.79 Å². The topological polar surface area (TPSA) is 106 Å². The number of ether oxygens (including phenoxy) is 2. The molecule has 0 bridgehead atoms. The molecule has 0 aromatic heterocycles. The van der Waals surface area contributed by atoms with E-state index in [0.29, 0.717) is 48.2 Å². The fourth-order valence-electron chi connectivity index (χ4n) is 3.38. The first-order valence-corrected chi connectivity index (χ1v) is 10.7. The number of nitrogens with two attached hydrogens (primary N) is 1. The largest absolute Gasteiger partial charge is 0.493 e. The van der Waals surface area contributed by atoms with Crippen LogP contribution in [0.5, 0.6) is 11.5 Å². The van der Waals surface area contributed by atoms with Gasteiger partial charge in [-0.25, -0.2) is 0 Å². The van der Waals surface area contributed by atoms with Crippen LogP contribution in [0.1, 0.15) is 42.6 Å². The van der Waals surface area contributed by atoms with Gasteiger partial charge in [-0.2, -0.15) is 5.10 Å². The van der Waals surface area contributed by atoms with Crippen LogP contribution < -0.4 is 20.5 Å². The lowest BCUT2D eigenvalue weighted by molar-refractivity contribution is -0.120. The van der Waals surface area contributed by atoms with E-state index in [1.54, 1.807) is 42.6 Å². The lowest BCUT2D eigenvalue weighted by Gasteiger charge is -2.20. The van der Waals surface area contributed by atoms with Crippen LogP contribution in [-0.4, -0.2) is 49.3 Å². The molecule has 2 amide bonds. The second-order valence-electron chi connectivity index (χ2n) is 8.11. The van der Waals surface area contributed by atoms with Crippen molar-refractivity contribution in [3.63, 3.8) is 0 Å². The Balaban J connectivity index is 1.66. The number of hydrazone groups is 1. The third-order valence-corrected chi connectivity index (χ3v) is 5.08. The van der Waals surface area contributed by atoms with Crippen molar-refractivity contribution in [1.82, 2.24) is 5.01 Å². The minimum Gasteiger partial charge on any atom is -0.493 e. The first kappa shape index (κ1) is 23.1. The number of hydrogen-bond acceptors (Lipinski definition) is 6. The molecule has 1 saturated heterocycles. The van der Waals surface area contributed by atoms with Crippen LogP contribution in [0.2, 0.25) is 0 Å². The minimum absolute atomic E-state index is 0.137. The van der Waals surface area contributed by atoms with Crippen molar-refractivity contribution in [2.45, 2.75) is 32.7 Å². The van der Waals surface area contributed by atoms with Crippen molar-refractivity contribution in [3.05, 3.63) is 53.6 Å². The normalized spacial score (nSPS) is 15.9. The van der Waals surface area contributed by atoms with Gasteiger partial charge in [0.1, 0.15) is 6.04 Å². The molecule has 3 N–H and O–H groups in total. The van der Waals surface area contributed by atoms with Gasteiger partial charge in [0.15, 0.2) is 11.5 Å². The van der Waals surface area contributed by atoms with E-state index >= 15 is 0 Å². The van der Waals surface area contributed by atoms with Gasteiger partial charge in [0, 0.05) is 17.8 Å². The zero-order chi connectivity index (χ0) is 23.1. The molecule has 0 aliphatic carbocycles. The standard InChI is InChI=1S/C24H30N4O4/c1-16(2)15-32-22-13-17(6-11-21(22)31-3)14-26-28-12-4-5-20(28)24(30)27-19-9-7-18(8-10-19)23(25)29/h6-11,13-14,16,20H,4-5,12,15H2,1-3H3,(H2,25,29)(H,27,30)/b26-14+. The molecule has 2 aromatic carbocycles. The van der Waals surface area contributed by atoms with Gasteiger partial charge in [-0.15, -0.1) is 0 Å². The molecule has 0 saturated carbocycles. The second kappa shape index (κ2) is 10.7. The summed E-state index contributed by atoms with van der Waals surface area (Å²) in [5.41, 5.74) is 7.12. The van der Waals surface area contributed by atoms with Crippen LogP contribution in [0.25, 0.3) is 0 Å². The van der Waals surface area contributed by atoms with Crippen LogP contribution >= 0.6 is 0 Å². The summed E-state index contributed by atoms with van der Waals surface area (Å²) >= 11 is 0.